The lowest BCUT2D eigenvalue weighted by Crippen LogP contribution is -2.52. The Bertz CT molecular complexity index is 257. The van der Waals surface area contributed by atoms with Gasteiger partial charge >= 0.3 is 0 Å². The van der Waals surface area contributed by atoms with Gasteiger partial charge in [0.25, 0.3) is 0 Å². The summed E-state index contributed by atoms with van der Waals surface area (Å²) in [6, 6.07) is 0.553. The number of ketones is 1. The van der Waals surface area contributed by atoms with Gasteiger partial charge in [-0.25, -0.2) is 0 Å². The van der Waals surface area contributed by atoms with Crippen LogP contribution in [-0.2, 0) is 4.79 Å². The van der Waals surface area contributed by atoms with Crippen molar-refractivity contribution < 1.29 is 4.79 Å². The fourth-order valence-corrected chi connectivity index (χ4v) is 3.14. The lowest BCUT2D eigenvalue weighted by molar-refractivity contribution is -0.122. The molecule has 1 aliphatic heterocycles. The number of carbonyl (C=O) groups is 1. The molecular weight excluding hydrogens is 212 g/mol. The lowest BCUT2D eigenvalue weighted by Gasteiger charge is -2.40. The summed E-state index contributed by atoms with van der Waals surface area (Å²) >= 11 is 0. The molecule has 1 unspecified atom stereocenters. The fraction of sp³-hybridized carbons (Fsp3) is 0.929. The van der Waals surface area contributed by atoms with E-state index in [1.807, 2.05) is 0 Å². The monoisotopic (exact) mass is 238 g/mol. The van der Waals surface area contributed by atoms with Crippen LogP contribution in [0.5, 0.6) is 0 Å². The van der Waals surface area contributed by atoms with Gasteiger partial charge in [0.15, 0.2) is 0 Å². The van der Waals surface area contributed by atoms with Crippen molar-refractivity contribution in [1.82, 2.24) is 9.80 Å². The SMILES string of the molecule is CC(C)CN1CCN(C2CCCC(=O)C2)CC1. The van der Waals surface area contributed by atoms with E-state index in [0.29, 0.717) is 11.8 Å². The molecule has 98 valence electrons. The number of Topliss-reactive ketones (excluding diaryl/α,β-unsaturated/α-hetero) is 1. The minimum Gasteiger partial charge on any atom is -0.301 e. The first-order valence-electron chi connectivity index (χ1n) is 7.13. The normalized spacial score (nSPS) is 28.9. The summed E-state index contributed by atoms with van der Waals surface area (Å²) in [6.45, 7) is 10.5. The molecule has 0 amide bonds. The molecule has 3 nitrogen and oxygen atoms in total. The Morgan fingerprint density at radius 3 is 2.53 bits per heavy atom. The molecule has 0 bridgehead atoms. The highest BCUT2D eigenvalue weighted by Gasteiger charge is 2.27. The molecule has 1 heterocycles. The molecule has 1 saturated heterocycles. The zero-order chi connectivity index (χ0) is 12.3. The van der Waals surface area contributed by atoms with Crippen LogP contribution < -0.4 is 0 Å². The second-order valence-corrected chi connectivity index (χ2v) is 6.02. The Morgan fingerprint density at radius 2 is 1.94 bits per heavy atom. The molecule has 0 spiro atoms. The summed E-state index contributed by atoms with van der Waals surface area (Å²) < 4.78 is 0. The molecule has 2 aliphatic rings. The van der Waals surface area contributed by atoms with Gasteiger partial charge in [-0.05, 0) is 18.8 Å². The average molecular weight is 238 g/mol. The Balaban J connectivity index is 1.76. The third-order valence-electron chi connectivity index (χ3n) is 4.00. The molecule has 0 radical (unpaired) electrons. The van der Waals surface area contributed by atoms with Crippen LogP contribution in [0.25, 0.3) is 0 Å². The van der Waals surface area contributed by atoms with Crippen LogP contribution in [0.1, 0.15) is 39.5 Å². The molecule has 0 aromatic heterocycles. The van der Waals surface area contributed by atoms with E-state index in [1.54, 1.807) is 0 Å². The predicted molar refractivity (Wildman–Crippen MR) is 70.1 cm³/mol. The summed E-state index contributed by atoms with van der Waals surface area (Å²) in [7, 11) is 0. The zero-order valence-corrected chi connectivity index (χ0v) is 11.3. The Kier molecular flexibility index (Phi) is 4.57. The van der Waals surface area contributed by atoms with Gasteiger partial charge in [-0.3, -0.25) is 9.69 Å². The summed E-state index contributed by atoms with van der Waals surface area (Å²) in [5.74, 6) is 1.24. The van der Waals surface area contributed by atoms with Gasteiger partial charge in [-0.15, -0.1) is 0 Å². The van der Waals surface area contributed by atoms with Crippen molar-refractivity contribution in [2.75, 3.05) is 32.7 Å². The fourth-order valence-electron chi connectivity index (χ4n) is 3.14. The quantitative estimate of drug-likeness (QED) is 0.748. The van der Waals surface area contributed by atoms with Gasteiger partial charge in [0, 0.05) is 51.6 Å². The van der Waals surface area contributed by atoms with Crippen LogP contribution in [0.15, 0.2) is 0 Å². The molecule has 0 N–H and O–H groups in total. The third-order valence-corrected chi connectivity index (χ3v) is 4.00. The van der Waals surface area contributed by atoms with Crippen molar-refractivity contribution in [1.29, 1.82) is 0 Å². The van der Waals surface area contributed by atoms with Gasteiger partial charge in [-0.1, -0.05) is 13.8 Å². The van der Waals surface area contributed by atoms with Crippen LogP contribution >= 0.6 is 0 Å². The third kappa shape index (κ3) is 3.78. The van der Waals surface area contributed by atoms with Gasteiger partial charge in [0.1, 0.15) is 5.78 Å². The summed E-state index contributed by atoms with van der Waals surface area (Å²) in [5.41, 5.74) is 0. The maximum atomic E-state index is 11.5. The van der Waals surface area contributed by atoms with Gasteiger partial charge < -0.3 is 4.90 Å². The Morgan fingerprint density at radius 1 is 1.24 bits per heavy atom. The van der Waals surface area contributed by atoms with E-state index in [9.17, 15) is 4.79 Å². The molecule has 3 heteroatoms. The van der Waals surface area contributed by atoms with E-state index in [-0.39, 0.29) is 0 Å². The zero-order valence-electron chi connectivity index (χ0n) is 11.3. The van der Waals surface area contributed by atoms with Gasteiger partial charge in [0.05, 0.1) is 0 Å². The standard InChI is InChI=1S/C14H26N2O/c1-12(2)11-15-6-8-16(9-7-15)13-4-3-5-14(17)10-13/h12-13H,3-11H2,1-2H3. The largest absolute Gasteiger partial charge is 0.301 e. The molecule has 2 fully saturated rings. The van der Waals surface area contributed by atoms with Crippen molar-refractivity contribution in [2.45, 2.75) is 45.6 Å². The van der Waals surface area contributed by atoms with Crippen LogP contribution in [-0.4, -0.2) is 54.3 Å². The van der Waals surface area contributed by atoms with Gasteiger partial charge in [-0.2, -0.15) is 0 Å². The number of carbonyl (C=O) groups excluding carboxylic acids is 1. The summed E-state index contributed by atoms with van der Waals surface area (Å²) in [6.07, 6.45) is 3.97. The van der Waals surface area contributed by atoms with Crippen LogP contribution in [0, 0.1) is 5.92 Å². The number of piperazine rings is 1. The van der Waals surface area contributed by atoms with E-state index in [2.05, 4.69) is 23.6 Å². The summed E-state index contributed by atoms with van der Waals surface area (Å²) in [5, 5.41) is 0. The smallest absolute Gasteiger partial charge is 0.134 e. The minimum atomic E-state index is 0.478. The topological polar surface area (TPSA) is 23.6 Å². The van der Waals surface area contributed by atoms with Crippen molar-refractivity contribution in [2.24, 2.45) is 5.92 Å². The second-order valence-electron chi connectivity index (χ2n) is 6.02. The highest BCUT2D eigenvalue weighted by molar-refractivity contribution is 5.79. The van der Waals surface area contributed by atoms with Crippen molar-refractivity contribution >= 4 is 5.78 Å². The van der Waals surface area contributed by atoms with Gasteiger partial charge in [0.2, 0.25) is 0 Å². The molecule has 1 aliphatic carbocycles. The van der Waals surface area contributed by atoms with E-state index in [1.165, 1.54) is 26.1 Å². The molecule has 0 aromatic rings. The molecule has 1 atom stereocenters. The molecule has 2 rings (SSSR count). The predicted octanol–water partition coefficient (Wildman–Crippen LogP) is 1.77. The summed E-state index contributed by atoms with van der Waals surface area (Å²) in [4.78, 5) is 16.6. The first-order chi connectivity index (χ1) is 8.15. The first kappa shape index (κ1) is 13.0. The second kappa shape index (κ2) is 5.96. The lowest BCUT2D eigenvalue weighted by atomic mass is 9.92. The van der Waals surface area contributed by atoms with E-state index >= 15 is 0 Å². The first-order valence-corrected chi connectivity index (χ1v) is 7.13. The molecule has 17 heavy (non-hydrogen) atoms. The highest BCUT2D eigenvalue weighted by atomic mass is 16.1. The van der Waals surface area contributed by atoms with Crippen molar-refractivity contribution in [3.63, 3.8) is 0 Å². The molecule has 0 aromatic carbocycles. The Hall–Kier alpha value is -0.410. The number of hydrogen-bond acceptors (Lipinski definition) is 3. The average Bonchev–Trinajstić information content (AvgIpc) is 2.29. The number of hydrogen-bond donors (Lipinski definition) is 0. The van der Waals surface area contributed by atoms with Crippen molar-refractivity contribution in [3.8, 4) is 0 Å². The van der Waals surface area contributed by atoms with E-state index < -0.39 is 0 Å². The molecular formula is C14H26N2O. The van der Waals surface area contributed by atoms with E-state index in [0.717, 1.165) is 38.3 Å². The minimum absolute atomic E-state index is 0.478. The maximum Gasteiger partial charge on any atom is 0.134 e. The number of rotatable bonds is 3. The van der Waals surface area contributed by atoms with Crippen LogP contribution in [0.3, 0.4) is 0 Å². The maximum absolute atomic E-state index is 11.5. The number of nitrogens with zero attached hydrogens (tertiary/aromatic N) is 2. The highest BCUT2D eigenvalue weighted by Crippen LogP contribution is 2.21. The van der Waals surface area contributed by atoms with Crippen molar-refractivity contribution in [3.05, 3.63) is 0 Å². The molecule has 1 saturated carbocycles. The Labute approximate surface area is 105 Å². The van der Waals surface area contributed by atoms with Crippen LogP contribution in [0.2, 0.25) is 0 Å². The van der Waals surface area contributed by atoms with E-state index in [4.69, 9.17) is 0 Å². The van der Waals surface area contributed by atoms with Crippen LogP contribution in [0.4, 0.5) is 0 Å².